The molecule has 1 N–H and O–H groups in total. The first-order chi connectivity index (χ1) is 9.81. The van der Waals surface area contributed by atoms with Crippen molar-refractivity contribution in [1.29, 1.82) is 0 Å². The molecule has 0 saturated carbocycles. The number of methoxy groups -OCH3 is 1. The number of carbonyl (C=O) groups is 1. The van der Waals surface area contributed by atoms with Crippen LogP contribution < -0.4 is 10.2 Å². The fourth-order valence-corrected chi connectivity index (χ4v) is 2.42. The molecule has 1 aliphatic rings. The van der Waals surface area contributed by atoms with Crippen molar-refractivity contribution >= 4 is 11.6 Å². The summed E-state index contributed by atoms with van der Waals surface area (Å²) in [7, 11) is 1.62. The lowest BCUT2D eigenvalue weighted by atomic mass is 10.2. The Bertz CT molecular complexity index is 429. The summed E-state index contributed by atoms with van der Waals surface area (Å²) >= 11 is 0. The molecule has 1 aromatic rings. The second-order valence-corrected chi connectivity index (χ2v) is 5.08. The van der Waals surface area contributed by atoms with Gasteiger partial charge in [-0.1, -0.05) is 12.8 Å². The summed E-state index contributed by atoms with van der Waals surface area (Å²) in [6.07, 6.45) is 8.47. The molecule has 110 valence electrons. The van der Waals surface area contributed by atoms with Gasteiger partial charge in [0.2, 0.25) is 0 Å². The molecule has 2 rings (SSSR count). The van der Waals surface area contributed by atoms with Crippen molar-refractivity contribution in [3.8, 4) is 0 Å². The van der Waals surface area contributed by atoms with E-state index in [1.165, 1.54) is 25.7 Å². The Labute approximate surface area is 120 Å². The second kappa shape index (κ2) is 7.85. The Morgan fingerprint density at radius 3 is 2.75 bits per heavy atom. The van der Waals surface area contributed by atoms with Gasteiger partial charge in [-0.3, -0.25) is 9.78 Å². The fourth-order valence-electron chi connectivity index (χ4n) is 2.42. The lowest BCUT2D eigenvalue weighted by molar-refractivity contribution is 0.0937. The molecular formula is C15H23N3O2. The summed E-state index contributed by atoms with van der Waals surface area (Å²) in [4.78, 5) is 18.5. The van der Waals surface area contributed by atoms with Crippen LogP contribution >= 0.6 is 0 Å². The van der Waals surface area contributed by atoms with Crippen LogP contribution in [0.25, 0.3) is 0 Å². The minimum atomic E-state index is -0.0915. The number of hydrogen-bond acceptors (Lipinski definition) is 4. The van der Waals surface area contributed by atoms with E-state index in [0.717, 1.165) is 18.8 Å². The molecule has 0 spiro atoms. The minimum absolute atomic E-state index is 0.0915. The number of hydrogen-bond donors (Lipinski definition) is 1. The van der Waals surface area contributed by atoms with Crippen LogP contribution in [0.3, 0.4) is 0 Å². The zero-order valence-electron chi connectivity index (χ0n) is 12.1. The molecule has 1 aromatic heterocycles. The number of carbonyl (C=O) groups excluding carboxylic acids is 1. The molecule has 0 aromatic carbocycles. The Morgan fingerprint density at radius 2 is 2.05 bits per heavy atom. The molecule has 0 bridgehead atoms. The lowest BCUT2D eigenvalue weighted by Gasteiger charge is -2.22. The molecule has 1 fully saturated rings. The van der Waals surface area contributed by atoms with Crippen molar-refractivity contribution in [2.24, 2.45) is 0 Å². The number of ether oxygens (including phenoxy) is 1. The highest BCUT2D eigenvalue weighted by atomic mass is 16.5. The first-order valence-electron chi connectivity index (χ1n) is 7.28. The van der Waals surface area contributed by atoms with E-state index < -0.39 is 0 Å². The van der Waals surface area contributed by atoms with Gasteiger partial charge in [-0.2, -0.15) is 0 Å². The summed E-state index contributed by atoms with van der Waals surface area (Å²) < 4.78 is 4.92. The lowest BCUT2D eigenvalue weighted by Crippen LogP contribution is -2.28. The summed E-state index contributed by atoms with van der Waals surface area (Å²) in [5.74, 6) is -0.0915. The molecule has 5 nitrogen and oxygen atoms in total. The van der Waals surface area contributed by atoms with Crippen LogP contribution in [-0.2, 0) is 4.74 Å². The normalized spacial score (nSPS) is 15.8. The van der Waals surface area contributed by atoms with Gasteiger partial charge in [-0.15, -0.1) is 0 Å². The number of rotatable bonds is 5. The maximum absolute atomic E-state index is 12.0. The van der Waals surface area contributed by atoms with E-state index in [1.807, 2.05) is 12.3 Å². The number of aromatic nitrogens is 1. The maximum Gasteiger partial charge on any atom is 0.253 e. The Balaban J connectivity index is 2.01. The van der Waals surface area contributed by atoms with E-state index in [2.05, 4.69) is 15.2 Å². The molecule has 0 radical (unpaired) electrons. The third kappa shape index (κ3) is 4.20. The second-order valence-electron chi connectivity index (χ2n) is 5.08. The van der Waals surface area contributed by atoms with Gasteiger partial charge in [0.05, 0.1) is 24.1 Å². The number of pyridine rings is 1. The average Bonchev–Trinajstić information content (AvgIpc) is 2.76. The average molecular weight is 277 g/mol. The van der Waals surface area contributed by atoms with Gasteiger partial charge in [0.1, 0.15) is 0 Å². The smallest absolute Gasteiger partial charge is 0.253 e. The van der Waals surface area contributed by atoms with Crippen molar-refractivity contribution in [1.82, 2.24) is 10.3 Å². The number of amides is 1. The number of anilines is 1. The SMILES string of the molecule is COCCNC(=O)c1cncc(N2CCCCCC2)c1. The van der Waals surface area contributed by atoms with Crippen LogP contribution in [-0.4, -0.2) is 44.2 Å². The van der Waals surface area contributed by atoms with Gasteiger partial charge in [0, 0.05) is 32.9 Å². The van der Waals surface area contributed by atoms with Crippen LogP contribution in [0.2, 0.25) is 0 Å². The predicted molar refractivity (Wildman–Crippen MR) is 79.1 cm³/mol. The quantitative estimate of drug-likeness (QED) is 0.834. The number of nitrogens with one attached hydrogen (secondary N) is 1. The van der Waals surface area contributed by atoms with E-state index in [4.69, 9.17) is 4.74 Å². The molecule has 20 heavy (non-hydrogen) atoms. The van der Waals surface area contributed by atoms with Crippen LogP contribution in [0.4, 0.5) is 5.69 Å². The molecule has 0 unspecified atom stereocenters. The van der Waals surface area contributed by atoms with Gasteiger partial charge < -0.3 is 15.0 Å². The molecule has 0 aliphatic carbocycles. The van der Waals surface area contributed by atoms with Crippen LogP contribution in [0.1, 0.15) is 36.0 Å². The third-order valence-corrected chi connectivity index (χ3v) is 3.55. The van der Waals surface area contributed by atoms with E-state index in [9.17, 15) is 4.79 Å². The van der Waals surface area contributed by atoms with E-state index >= 15 is 0 Å². The maximum atomic E-state index is 12.0. The molecule has 1 amide bonds. The molecule has 5 heteroatoms. The summed E-state index contributed by atoms with van der Waals surface area (Å²) in [6, 6.07) is 1.93. The van der Waals surface area contributed by atoms with Crippen molar-refractivity contribution in [2.75, 3.05) is 38.3 Å². The molecule has 1 saturated heterocycles. The van der Waals surface area contributed by atoms with Crippen LogP contribution in [0, 0.1) is 0 Å². The molecule has 2 heterocycles. The van der Waals surface area contributed by atoms with E-state index in [-0.39, 0.29) is 5.91 Å². The summed E-state index contributed by atoms with van der Waals surface area (Å²) in [5, 5.41) is 2.82. The highest BCUT2D eigenvalue weighted by Crippen LogP contribution is 2.19. The van der Waals surface area contributed by atoms with Crippen molar-refractivity contribution in [2.45, 2.75) is 25.7 Å². The molecule has 0 atom stereocenters. The fraction of sp³-hybridized carbons (Fsp3) is 0.600. The molecular weight excluding hydrogens is 254 g/mol. The monoisotopic (exact) mass is 277 g/mol. The highest BCUT2D eigenvalue weighted by molar-refractivity contribution is 5.94. The third-order valence-electron chi connectivity index (χ3n) is 3.55. The number of nitrogens with zero attached hydrogens (tertiary/aromatic N) is 2. The van der Waals surface area contributed by atoms with E-state index in [1.54, 1.807) is 13.3 Å². The summed E-state index contributed by atoms with van der Waals surface area (Å²) in [5.41, 5.74) is 1.66. The van der Waals surface area contributed by atoms with Gasteiger partial charge in [-0.25, -0.2) is 0 Å². The zero-order valence-corrected chi connectivity index (χ0v) is 12.1. The van der Waals surface area contributed by atoms with Gasteiger partial charge >= 0.3 is 0 Å². The predicted octanol–water partition coefficient (Wildman–Crippen LogP) is 1.84. The first-order valence-corrected chi connectivity index (χ1v) is 7.28. The van der Waals surface area contributed by atoms with Crippen molar-refractivity contribution in [3.63, 3.8) is 0 Å². The van der Waals surface area contributed by atoms with Gasteiger partial charge in [0.25, 0.3) is 5.91 Å². The summed E-state index contributed by atoms with van der Waals surface area (Å²) in [6.45, 7) is 3.14. The Hall–Kier alpha value is -1.62. The van der Waals surface area contributed by atoms with Crippen LogP contribution in [0.5, 0.6) is 0 Å². The molecule has 1 aliphatic heterocycles. The standard InChI is InChI=1S/C15H23N3O2/c1-20-9-6-17-15(19)13-10-14(12-16-11-13)18-7-4-2-3-5-8-18/h10-12H,2-9H2,1H3,(H,17,19). The van der Waals surface area contributed by atoms with E-state index in [0.29, 0.717) is 18.7 Å². The van der Waals surface area contributed by atoms with Gasteiger partial charge in [0.15, 0.2) is 0 Å². The van der Waals surface area contributed by atoms with Crippen LogP contribution in [0.15, 0.2) is 18.5 Å². The first kappa shape index (κ1) is 14.8. The minimum Gasteiger partial charge on any atom is -0.383 e. The van der Waals surface area contributed by atoms with Gasteiger partial charge in [-0.05, 0) is 18.9 Å². The van der Waals surface area contributed by atoms with Crippen molar-refractivity contribution < 1.29 is 9.53 Å². The Kier molecular flexibility index (Phi) is 5.80. The zero-order chi connectivity index (χ0) is 14.2. The Morgan fingerprint density at radius 1 is 1.30 bits per heavy atom. The topological polar surface area (TPSA) is 54.5 Å². The van der Waals surface area contributed by atoms with Crippen molar-refractivity contribution in [3.05, 3.63) is 24.0 Å². The highest BCUT2D eigenvalue weighted by Gasteiger charge is 2.12. The largest absolute Gasteiger partial charge is 0.383 e.